The van der Waals surface area contributed by atoms with E-state index < -0.39 is 11.0 Å². The van der Waals surface area contributed by atoms with E-state index in [1.54, 1.807) is 0 Å². The van der Waals surface area contributed by atoms with Gasteiger partial charge in [0.15, 0.2) is 0 Å². The van der Waals surface area contributed by atoms with Crippen LogP contribution in [0.1, 0.15) is 80.8 Å². The van der Waals surface area contributed by atoms with E-state index in [1.165, 1.54) is 10.9 Å². The summed E-state index contributed by atoms with van der Waals surface area (Å²) in [4.78, 5) is 0. The van der Waals surface area contributed by atoms with E-state index in [-0.39, 0.29) is 29.0 Å². The third kappa shape index (κ3) is 5.62. The summed E-state index contributed by atoms with van der Waals surface area (Å²) in [7, 11) is 0.561. The highest BCUT2D eigenvalue weighted by atomic mass is 32.2. The zero-order valence-corrected chi connectivity index (χ0v) is 19.8. The molecule has 0 amide bonds. The van der Waals surface area contributed by atoms with Crippen LogP contribution in [-0.4, -0.2) is 30.6 Å². The highest BCUT2D eigenvalue weighted by Gasteiger charge is 2.38. The molecule has 0 spiro atoms. The summed E-state index contributed by atoms with van der Waals surface area (Å²) < 4.78 is 14.7. The number of nitrogens with zero attached hydrogens (tertiary/aromatic N) is 1. The van der Waals surface area contributed by atoms with Gasteiger partial charge in [0.2, 0.25) is 0 Å². The van der Waals surface area contributed by atoms with E-state index in [1.807, 2.05) is 32.1 Å². The van der Waals surface area contributed by atoms with Crippen molar-refractivity contribution in [1.29, 1.82) is 0 Å². The van der Waals surface area contributed by atoms with E-state index in [9.17, 15) is 4.21 Å². The first-order chi connectivity index (χ1) is 11.1. The first-order valence-electron chi connectivity index (χ1n) is 9.12. The number of hydrogen-bond acceptors (Lipinski definition) is 1. The minimum absolute atomic E-state index is 0.117. The molecule has 2 nitrogen and oxygen atoms in total. The number of hydrogen-bond donors (Lipinski definition) is 0. The van der Waals surface area contributed by atoms with Crippen molar-refractivity contribution in [1.82, 2.24) is 4.31 Å². The van der Waals surface area contributed by atoms with Crippen LogP contribution in [0.4, 0.5) is 0 Å². The van der Waals surface area contributed by atoms with E-state index in [4.69, 9.17) is 0 Å². The normalized spacial score (nSPS) is 16.4. The molecule has 0 bridgehead atoms. The topological polar surface area (TPSA) is 20.3 Å². The highest BCUT2D eigenvalue weighted by Crippen LogP contribution is 2.59. The molecular weight excluding hydrogens is 345 g/mol. The van der Waals surface area contributed by atoms with Gasteiger partial charge in [-0.15, -0.1) is 0 Å². The van der Waals surface area contributed by atoms with Gasteiger partial charge in [-0.2, -0.15) is 0 Å². The Bertz CT molecular complexity index is 594. The second-order valence-electron chi connectivity index (χ2n) is 9.82. The van der Waals surface area contributed by atoms with Crippen molar-refractivity contribution in [3.63, 3.8) is 0 Å². The van der Waals surface area contributed by atoms with Crippen LogP contribution < -0.4 is 5.30 Å². The van der Waals surface area contributed by atoms with Gasteiger partial charge in [-0.3, -0.25) is 0 Å². The average molecular weight is 384 g/mol. The minimum Gasteiger partial charge on any atom is -0.242 e. The van der Waals surface area contributed by atoms with E-state index in [0.717, 1.165) is 0 Å². The Balaban J connectivity index is 3.43. The molecule has 2 atom stereocenters. The molecule has 0 radical (unpaired) electrons. The first-order valence-corrected chi connectivity index (χ1v) is 11.6. The Morgan fingerprint density at radius 2 is 1.36 bits per heavy atom. The lowest BCUT2D eigenvalue weighted by Crippen LogP contribution is -2.39. The Morgan fingerprint density at radius 1 is 0.920 bits per heavy atom. The molecule has 25 heavy (non-hydrogen) atoms. The molecule has 0 N–H and O–H groups in total. The summed E-state index contributed by atoms with van der Waals surface area (Å²) in [5.74, 6) is 0. The van der Waals surface area contributed by atoms with Gasteiger partial charge in [0, 0.05) is 13.1 Å². The van der Waals surface area contributed by atoms with E-state index in [0.29, 0.717) is 0 Å². The van der Waals surface area contributed by atoms with Gasteiger partial charge in [0.1, 0.15) is 0 Å². The maximum atomic E-state index is 12.9. The van der Waals surface area contributed by atoms with Gasteiger partial charge >= 0.3 is 0 Å². The molecule has 0 aliphatic carbocycles. The lowest BCUT2D eigenvalue weighted by molar-refractivity contribution is 0.419. The second-order valence-corrected chi connectivity index (χ2v) is 16.0. The average Bonchev–Trinajstić information content (AvgIpc) is 2.41. The standard InChI is InChI=1S/C21H38NOPS/c1-16(22(11)25(23)21(8,9)10)17-14-12-13-15-18(17)24(19(2,3)4)20(5,6)7/h12-16H,1-11H3/t16-,25+/m0/s1. The van der Waals surface area contributed by atoms with Gasteiger partial charge in [-0.25, -0.2) is 8.51 Å². The minimum atomic E-state index is -1.04. The molecule has 0 unspecified atom stereocenters. The molecule has 144 valence electrons. The Morgan fingerprint density at radius 3 is 1.76 bits per heavy atom. The molecule has 1 aromatic carbocycles. The lowest BCUT2D eigenvalue weighted by Gasteiger charge is -2.43. The predicted octanol–water partition coefficient (Wildman–Crippen LogP) is 5.85. The third-order valence-corrected chi connectivity index (χ3v) is 9.76. The Kier molecular flexibility index (Phi) is 7.10. The predicted molar refractivity (Wildman–Crippen MR) is 117 cm³/mol. The van der Waals surface area contributed by atoms with Gasteiger partial charge in [0.05, 0.1) is 15.7 Å². The largest absolute Gasteiger partial charge is 0.242 e. The number of benzene rings is 1. The summed E-state index contributed by atoms with van der Waals surface area (Å²) in [6, 6.07) is 8.90. The summed E-state index contributed by atoms with van der Waals surface area (Å²) in [6.07, 6.45) is 0. The van der Waals surface area contributed by atoms with Gasteiger partial charge in [0.25, 0.3) is 0 Å². The van der Waals surface area contributed by atoms with Crippen LogP contribution in [0.2, 0.25) is 0 Å². The van der Waals surface area contributed by atoms with Crippen LogP contribution >= 0.6 is 7.92 Å². The van der Waals surface area contributed by atoms with Crippen LogP contribution in [0.15, 0.2) is 24.3 Å². The molecule has 0 aromatic heterocycles. The van der Waals surface area contributed by atoms with Crippen LogP contribution in [-0.2, 0) is 11.0 Å². The zero-order valence-electron chi connectivity index (χ0n) is 18.1. The SMILES string of the molecule is C[C@@H](c1ccccc1P(C(C)(C)C)C(C)(C)C)N(C)[S@](=O)C(C)(C)C. The first kappa shape index (κ1) is 22.8. The van der Waals surface area contributed by atoms with Crippen LogP contribution in [0, 0.1) is 0 Å². The fourth-order valence-electron chi connectivity index (χ4n) is 3.54. The van der Waals surface area contributed by atoms with E-state index >= 15 is 0 Å². The molecule has 1 aromatic rings. The highest BCUT2D eigenvalue weighted by molar-refractivity contribution is 7.84. The van der Waals surface area contributed by atoms with Gasteiger partial charge in [-0.1, -0.05) is 73.7 Å². The van der Waals surface area contributed by atoms with Crippen LogP contribution in [0.5, 0.6) is 0 Å². The maximum Gasteiger partial charge on any atom is 0.1000 e. The van der Waals surface area contributed by atoms with Crippen molar-refractivity contribution in [2.75, 3.05) is 7.05 Å². The molecular formula is C21H38NOPS. The molecule has 0 heterocycles. The third-order valence-electron chi connectivity index (χ3n) is 4.30. The van der Waals surface area contributed by atoms with Gasteiger partial charge < -0.3 is 0 Å². The second kappa shape index (κ2) is 7.79. The Hall–Kier alpha value is -0.240. The summed E-state index contributed by atoms with van der Waals surface area (Å²) in [6.45, 7) is 22.4. The molecule has 0 saturated heterocycles. The number of rotatable bonds is 4. The fraction of sp³-hybridized carbons (Fsp3) is 0.714. The van der Waals surface area contributed by atoms with Crippen molar-refractivity contribution in [2.24, 2.45) is 0 Å². The Labute approximate surface area is 160 Å². The molecule has 0 saturated carbocycles. The molecule has 0 aliphatic heterocycles. The monoisotopic (exact) mass is 383 g/mol. The zero-order chi connectivity index (χ0) is 19.8. The quantitative estimate of drug-likeness (QED) is 0.598. The molecule has 0 aliphatic rings. The molecule has 1 rings (SSSR count). The lowest BCUT2D eigenvalue weighted by atomic mass is 10.1. The molecule has 4 heteroatoms. The smallest absolute Gasteiger partial charge is 0.1000 e. The molecule has 0 fully saturated rings. The maximum absolute atomic E-state index is 12.9. The van der Waals surface area contributed by atoms with Gasteiger partial charge in [-0.05, 0) is 48.9 Å². The van der Waals surface area contributed by atoms with Crippen molar-refractivity contribution in [3.8, 4) is 0 Å². The summed E-state index contributed by atoms with van der Waals surface area (Å²) in [5, 5.41) is 1.87. The van der Waals surface area contributed by atoms with Crippen LogP contribution in [0.3, 0.4) is 0 Å². The summed E-state index contributed by atoms with van der Waals surface area (Å²) >= 11 is 0. The summed E-state index contributed by atoms with van der Waals surface area (Å²) in [5.41, 5.74) is 1.32. The van der Waals surface area contributed by atoms with Crippen molar-refractivity contribution >= 4 is 24.2 Å². The fourth-order valence-corrected chi connectivity index (χ4v) is 9.02. The van der Waals surface area contributed by atoms with E-state index in [2.05, 4.69) is 72.7 Å². The van der Waals surface area contributed by atoms with Crippen molar-refractivity contribution in [2.45, 2.75) is 90.3 Å². The van der Waals surface area contributed by atoms with Crippen LogP contribution in [0.25, 0.3) is 0 Å². The van der Waals surface area contributed by atoms with Crippen molar-refractivity contribution in [3.05, 3.63) is 29.8 Å². The van der Waals surface area contributed by atoms with Crippen molar-refractivity contribution < 1.29 is 4.21 Å².